The number of rotatable bonds is 7. The summed E-state index contributed by atoms with van der Waals surface area (Å²) >= 11 is 0. The van der Waals surface area contributed by atoms with Crippen LogP contribution in [0.3, 0.4) is 0 Å². The molecule has 0 radical (unpaired) electrons. The Bertz CT molecular complexity index is 1000. The van der Waals surface area contributed by atoms with Gasteiger partial charge in [-0.3, -0.25) is 15.0 Å². The summed E-state index contributed by atoms with van der Waals surface area (Å²) in [4.78, 5) is 18.0. The van der Waals surface area contributed by atoms with Crippen molar-refractivity contribution in [3.05, 3.63) is 88.0 Å². The third-order valence-corrected chi connectivity index (χ3v) is 5.19. The molecule has 7 nitrogen and oxygen atoms in total. The Labute approximate surface area is 175 Å². The first-order valence-corrected chi connectivity index (χ1v) is 10.0. The van der Waals surface area contributed by atoms with Crippen molar-refractivity contribution in [2.24, 2.45) is 0 Å². The minimum Gasteiger partial charge on any atom is -0.379 e. The van der Waals surface area contributed by atoms with E-state index in [1.54, 1.807) is 6.07 Å². The van der Waals surface area contributed by atoms with Crippen molar-refractivity contribution in [1.29, 1.82) is 0 Å². The fourth-order valence-electron chi connectivity index (χ4n) is 3.58. The number of aromatic nitrogens is 1. The Morgan fingerprint density at radius 2 is 1.67 bits per heavy atom. The molecule has 1 aliphatic rings. The Hall–Kier alpha value is -3.29. The predicted molar refractivity (Wildman–Crippen MR) is 116 cm³/mol. The zero-order valence-electron chi connectivity index (χ0n) is 16.7. The van der Waals surface area contributed by atoms with E-state index in [1.807, 2.05) is 36.4 Å². The van der Waals surface area contributed by atoms with Gasteiger partial charge < -0.3 is 10.1 Å². The largest absolute Gasteiger partial charge is 0.379 e. The SMILES string of the molecule is O=[N+]([O-])c1ccc(NCc2ccccc2CN2CCOCC2)nc1-c1ccccc1. The monoisotopic (exact) mass is 404 g/mol. The molecule has 3 aromatic rings. The molecule has 1 N–H and O–H groups in total. The third-order valence-electron chi connectivity index (χ3n) is 5.19. The van der Waals surface area contributed by atoms with Gasteiger partial charge in [-0.15, -0.1) is 0 Å². The number of ether oxygens (including phenoxy) is 1. The molecule has 30 heavy (non-hydrogen) atoms. The first-order chi connectivity index (χ1) is 14.7. The van der Waals surface area contributed by atoms with E-state index in [1.165, 1.54) is 17.2 Å². The Morgan fingerprint density at radius 1 is 0.967 bits per heavy atom. The van der Waals surface area contributed by atoms with Crippen LogP contribution in [-0.4, -0.2) is 41.1 Å². The molecule has 0 aliphatic carbocycles. The molecule has 0 saturated carbocycles. The van der Waals surface area contributed by atoms with Gasteiger partial charge in [0.2, 0.25) is 0 Å². The second-order valence-corrected chi connectivity index (χ2v) is 7.20. The van der Waals surface area contributed by atoms with Gasteiger partial charge in [0.1, 0.15) is 5.82 Å². The number of nitrogens with one attached hydrogen (secondary N) is 1. The van der Waals surface area contributed by atoms with Crippen molar-refractivity contribution < 1.29 is 9.66 Å². The van der Waals surface area contributed by atoms with Gasteiger partial charge in [0.15, 0.2) is 5.69 Å². The number of hydrogen-bond acceptors (Lipinski definition) is 6. The van der Waals surface area contributed by atoms with E-state index >= 15 is 0 Å². The topological polar surface area (TPSA) is 80.5 Å². The van der Waals surface area contributed by atoms with Crippen LogP contribution in [-0.2, 0) is 17.8 Å². The normalized spacial score (nSPS) is 14.4. The summed E-state index contributed by atoms with van der Waals surface area (Å²) in [6.07, 6.45) is 0. The molecular weight excluding hydrogens is 380 g/mol. The van der Waals surface area contributed by atoms with Crippen LogP contribution in [0.1, 0.15) is 11.1 Å². The Balaban J connectivity index is 1.52. The van der Waals surface area contributed by atoms with E-state index in [-0.39, 0.29) is 5.69 Å². The zero-order valence-corrected chi connectivity index (χ0v) is 16.7. The molecule has 1 fully saturated rings. The number of pyridine rings is 1. The third kappa shape index (κ3) is 4.82. The molecule has 7 heteroatoms. The fraction of sp³-hybridized carbons (Fsp3) is 0.261. The molecule has 4 rings (SSSR count). The summed E-state index contributed by atoms with van der Waals surface area (Å²) in [5.41, 5.74) is 3.54. The van der Waals surface area contributed by atoms with Gasteiger partial charge in [-0.25, -0.2) is 4.98 Å². The fourth-order valence-corrected chi connectivity index (χ4v) is 3.58. The average molecular weight is 404 g/mol. The van der Waals surface area contributed by atoms with Crippen molar-refractivity contribution >= 4 is 11.5 Å². The lowest BCUT2D eigenvalue weighted by Gasteiger charge is -2.27. The van der Waals surface area contributed by atoms with E-state index < -0.39 is 4.92 Å². The van der Waals surface area contributed by atoms with Gasteiger partial charge in [0, 0.05) is 37.8 Å². The van der Waals surface area contributed by atoms with Gasteiger partial charge in [0.25, 0.3) is 5.69 Å². The summed E-state index contributed by atoms with van der Waals surface area (Å²) in [6.45, 7) is 4.90. The lowest BCUT2D eigenvalue weighted by molar-refractivity contribution is -0.384. The Morgan fingerprint density at radius 3 is 2.40 bits per heavy atom. The maximum atomic E-state index is 11.5. The molecule has 1 aliphatic heterocycles. The quantitative estimate of drug-likeness (QED) is 0.472. The molecular formula is C23H24N4O3. The molecule has 1 saturated heterocycles. The summed E-state index contributed by atoms with van der Waals surface area (Å²) in [5, 5.41) is 14.8. The second kappa shape index (κ2) is 9.47. The van der Waals surface area contributed by atoms with E-state index in [9.17, 15) is 10.1 Å². The summed E-state index contributed by atoms with van der Waals surface area (Å²) in [7, 11) is 0. The molecule has 1 aromatic heterocycles. The second-order valence-electron chi connectivity index (χ2n) is 7.20. The van der Waals surface area contributed by atoms with Gasteiger partial charge in [-0.05, 0) is 17.2 Å². The number of nitro groups is 1. The summed E-state index contributed by atoms with van der Waals surface area (Å²) < 4.78 is 5.44. The van der Waals surface area contributed by atoms with Crippen LogP contribution >= 0.6 is 0 Å². The minimum atomic E-state index is -0.392. The first-order valence-electron chi connectivity index (χ1n) is 10.0. The van der Waals surface area contributed by atoms with Crippen molar-refractivity contribution in [3.63, 3.8) is 0 Å². The molecule has 2 aromatic carbocycles. The van der Waals surface area contributed by atoms with Gasteiger partial charge >= 0.3 is 0 Å². The van der Waals surface area contributed by atoms with Gasteiger partial charge in [-0.1, -0.05) is 54.6 Å². The van der Waals surface area contributed by atoms with Gasteiger partial charge in [0.05, 0.1) is 18.1 Å². The molecule has 0 atom stereocenters. The number of hydrogen-bond donors (Lipinski definition) is 1. The molecule has 154 valence electrons. The molecule has 0 spiro atoms. The maximum absolute atomic E-state index is 11.5. The number of nitrogens with zero attached hydrogens (tertiary/aromatic N) is 3. The maximum Gasteiger partial charge on any atom is 0.295 e. The molecule has 0 bridgehead atoms. The molecule has 0 amide bonds. The predicted octanol–water partition coefficient (Wildman–Crippen LogP) is 4.10. The van der Waals surface area contributed by atoms with E-state index in [2.05, 4.69) is 33.4 Å². The van der Waals surface area contributed by atoms with Crippen LogP contribution in [0.5, 0.6) is 0 Å². The van der Waals surface area contributed by atoms with Crippen molar-refractivity contribution in [1.82, 2.24) is 9.88 Å². The van der Waals surface area contributed by atoms with Crippen LogP contribution in [0, 0.1) is 10.1 Å². The van der Waals surface area contributed by atoms with Crippen LogP contribution in [0.25, 0.3) is 11.3 Å². The van der Waals surface area contributed by atoms with E-state index in [0.717, 1.165) is 38.4 Å². The smallest absolute Gasteiger partial charge is 0.295 e. The first kappa shape index (κ1) is 20.0. The van der Waals surface area contributed by atoms with Crippen molar-refractivity contribution in [3.8, 4) is 11.3 Å². The van der Waals surface area contributed by atoms with Crippen LogP contribution < -0.4 is 5.32 Å². The lowest BCUT2D eigenvalue weighted by Crippen LogP contribution is -2.35. The van der Waals surface area contributed by atoms with E-state index in [4.69, 9.17) is 4.74 Å². The van der Waals surface area contributed by atoms with Gasteiger partial charge in [-0.2, -0.15) is 0 Å². The highest BCUT2D eigenvalue weighted by Crippen LogP contribution is 2.29. The van der Waals surface area contributed by atoms with Crippen LogP contribution in [0.15, 0.2) is 66.7 Å². The molecule has 0 unspecified atom stereocenters. The van der Waals surface area contributed by atoms with Crippen molar-refractivity contribution in [2.75, 3.05) is 31.6 Å². The highest BCUT2D eigenvalue weighted by Gasteiger charge is 2.18. The standard InChI is InChI=1S/C23H24N4O3/c28-27(29)21-10-11-22(25-23(21)18-6-2-1-3-7-18)24-16-19-8-4-5-9-20(19)17-26-12-14-30-15-13-26/h1-11H,12-17H2,(H,24,25). The highest BCUT2D eigenvalue weighted by molar-refractivity contribution is 5.71. The van der Waals surface area contributed by atoms with E-state index in [0.29, 0.717) is 18.1 Å². The average Bonchev–Trinajstić information content (AvgIpc) is 2.79. The number of benzene rings is 2. The summed E-state index contributed by atoms with van der Waals surface area (Å²) in [6, 6.07) is 20.7. The lowest BCUT2D eigenvalue weighted by atomic mass is 10.1. The molecule has 2 heterocycles. The highest BCUT2D eigenvalue weighted by atomic mass is 16.6. The summed E-state index contributed by atoms with van der Waals surface area (Å²) in [5.74, 6) is 0.612. The number of morpholine rings is 1. The van der Waals surface area contributed by atoms with Crippen LogP contribution in [0.2, 0.25) is 0 Å². The van der Waals surface area contributed by atoms with Crippen molar-refractivity contribution in [2.45, 2.75) is 13.1 Å². The Kier molecular flexibility index (Phi) is 6.32. The minimum absolute atomic E-state index is 0.000493. The number of anilines is 1. The zero-order chi connectivity index (χ0) is 20.8. The van der Waals surface area contributed by atoms with Crippen LogP contribution in [0.4, 0.5) is 11.5 Å².